The summed E-state index contributed by atoms with van der Waals surface area (Å²) < 4.78 is 79.2. The molecule has 2 aromatic rings. The summed E-state index contributed by atoms with van der Waals surface area (Å²) in [4.78, 5) is 30.6. The molecular formula is C18H14F6N4O4. The Balaban J connectivity index is 2.14. The van der Waals surface area contributed by atoms with Crippen molar-refractivity contribution in [3.63, 3.8) is 0 Å². The Hall–Kier alpha value is -3.45. The second-order valence-corrected chi connectivity index (χ2v) is 7.05. The molecule has 0 amide bonds. The number of nitro groups is 1. The Kier molecular flexibility index (Phi) is 5.98. The van der Waals surface area contributed by atoms with E-state index in [0.717, 1.165) is 6.33 Å². The summed E-state index contributed by atoms with van der Waals surface area (Å²) in [5, 5.41) is 20.8. The van der Waals surface area contributed by atoms with Gasteiger partial charge in [-0.3, -0.25) is 14.9 Å². The summed E-state index contributed by atoms with van der Waals surface area (Å²) in [6, 6.07) is 0.615. The predicted molar refractivity (Wildman–Crippen MR) is 96.7 cm³/mol. The fourth-order valence-electron chi connectivity index (χ4n) is 3.41. The monoisotopic (exact) mass is 464 g/mol. The lowest BCUT2D eigenvalue weighted by Crippen LogP contribution is -2.37. The van der Waals surface area contributed by atoms with Gasteiger partial charge in [0.1, 0.15) is 6.33 Å². The van der Waals surface area contributed by atoms with Crippen LogP contribution in [0.3, 0.4) is 0 Å². The van der Waals surface area contributed by atoms with Crippen molar-refractivity contribution in [3.05, 3.63) is 45.8 Å². The number of carbonyl (C=O) groups is 1. The average molecular weight is 464 g/mol. The Bertz CT molecular complexity index is 1020. The second-order valence-electron chi connectivity index (χ2n) is 7.05. The molecule has 0 radical (unpaired) electrons. The third-order valence-corrected chi connectivity index (χ3v) is 4.99. The van der Waals surface area contributed by atoms with Crippen LogP contribution < -0.4 is 4.90 Å². The highest BCUT2D eigenvalue weighted by Crippen LogP contribution is 2.42. The molecule has 32 heavy (non-hydrogen) atoms. The summed E-state index contributed by atoms with van der Waals surface area (Å²) in [6.07, 6.45) is -9.21. The standard InChI is InChI=1S/C18H14F6N4O4/c19-17(20,21)11-5-10(6-12(7-11)18(22,23)24)13-14(28(31)32)15(26-8-25-13)27-3-1-9(2-4-27)16(29)30/h5-9H,1-4H2,(H,29,30). The van der Waals surface area contributed by atoms with Gasteiger partial charge in [0.15, 0.2) is 5.69 Å². The number of aliphatic carboxylic acids is 1. The van der Waals surface area contributed by atoms with E-state index in [9.17, 15) is 41.3 Å². The molecule has 0 spiro atoms. The number of carboxylic acids is 1. The average Bonchev–Trinajstić information content (AvgIpc) is 2.71. The Morgan fingerprint density at radius 1 is 1.03 bits per heavy atom. The Labute approximate surface area is 175 Å². The van der Waals surface area contributed by atoms with E-state index in [2.05, 4.69) is 9.97 Å². The van der Waals surface area contributed by atoms with Crippen molar-refractivity contribution in [2.24, 2.45) is 5.92 Å². The van der Waals surface area contributed by atoms with E-state index >= 15 is 0 Å². The van der Waals surface area contributed by atoms with Gasteiger partial charge in [-0.2, -0.15) is 26.3 Å². The van der Waals surface area contributed by atoms with Gasteiger partial charge in [-0.15, -0.1) is 0 Å². The molecule has 1 saturated heterocycles. The molecule has 0 bridgehead atoms. The molecule has 0 atom stereocenters. The van der Waals surface area contributed by atoms with Crippen LogP contribution in [0.15, 0.2) is 24.5 Å². The van der Waals surface area contributed by atoms with Crippen LogP contribution in [0.5, 0.6) is 0 Å². The van der Waals surface area contributed by atoms with Gasteiger partial charge in [-0.05, 0) is 31.0 Å². The largest absolute Gasteiger partial charge is 0.481 e. The maximum absolute atomic E-state index is 13.2. The summed E-state index contributed by atoms with van der Waals surface area (Å²) in [6.45, 7) is 0.0926. The SMILES string of the molecule is O=C(O)C1CCN(c2ncnc(-c3cc(C(F)(F)F)cc(C(F)(F)F)c3)c2[N+](=O)[O-])CC1. The molecule has 8 nitrogen and oxygen atoms in total. The van der Waals surface area contributed by atoms with Crippen LogP contribution in [-0.4, -0.2) is 39.1 Å². The molecule has 14 heteroatoms. The van der Waals surface area contributed by atoms with Crippen molar-refractivity contribution in [3.8, 4) is 11.3 Å². The van der Waals surface area contributed by atoms with E-state index in [-0.39, 0.29) is 37.8 Å². The fourth-order valence-corrected chi connectivity index (χ4v) is 3.41. The van der Waals surface area contributed by atoms with Crippen LogP contribution in [0.1, 0.15) is 24.0 Å². The minimum atomic E-state index is -5.14. The van der Waals surface area contributed by atoms with Gasteiger partial charge < -0.3 is 10.0 Å². The van der Waals surface area contributed by atoms with E-state index in [0.29, 0.717) is 12.1 Å². The lowest BCUT2D eigenvalue weighted by atomic mass is 9.97. The van der Waals surface area contributed by atoms with E-state index < -0.39 is 57.2 Å². The maximum Gasteiger partial charge on any atom is 0.416 e. The number of benzene rings is 1. The molecule has 2 heterocycles. The topological polar surface area (TPSA) is 109 Å². The normalized spacial score (nSPS) is 15.6. The van der Waals surface area contributed by atoms with Crippen molar-refractivity contribution in [1.82, 2.24) is 9.97 Å². The van der Waals surface area contributed by atoms with E-state index in [4.69, 9.17) is 5.11 Å². The number of aromatic nitrogens is 2. The number of hydrogen-bond acceptors (Lipinski definition) is 6. The minimum Gasteiger partial charge on any atom is -0.481 e. The van der Waals surface area contributed by atoms with Crippen LogP contribution in [0.25, 0.3) is 11.3 Å². The highest BCUT2D eigenvalue weighted by molar-refractivity contribution is 5.78. The molecule has 1 N–H and O–H groups in total. The van der Waals surface area contributed by atoms with E-state index in [1.807, 2.05) is 0 Å². The number of halogens is 6. The number of anilines is 1. The number of hydrogen-bond donors (Lipinski definition) is 1. The zero-order valence-corrected chi connectivity index (χ0v) is 15.9. The lowest BCUT2D eigenvalue weighted by molar-refractivity contribution is -0.383. The van der Waals surface area contributed by atoms with Gasteiger partial charge in [0.25, 0.3) is 0 Å². The van der Waals surface area contributed by atoms with E-state index in [1.54, 1.807) is 0 Å². The van der Waals surface area contributed by atoms with Crippen molar-refractivity contribution >= 4 is 17.5 Å². The maximum atomic E-state index is 13.2. The predicted octanol–water partition coefficient (Wildman–Crippen LogP) is 4.39. The van der Waals surface area contributed by atoms with Gasteiger partial charge in [0.2, 0.25) is 5.82 Å². The summed E-state index contributed by atoms with van der Waals surface area (Å²) >= 11 is 0. The highest BCUT2D eigenvalue weighted by Gasteiger charge is 2.39. The lowest BCUT2D eigenvalue weighted by Gasteiger charge is -2.30. The molecule has 1 fully saturated rings. The molecule has 0 unspecified atom stereocenters. The van der Waals surface area contributed by atoms with Gasteiger partial charge >= 0.3 is 24.0 Å². The highest BCUT2D eigenvalue weighted by atomic mass is 19.4. The van der Waals surface area contributed by atoms with Gasteiger partial charge in [0, 0.05) is 18.7 Å². The number of alkyl halides is 6. The third-order valence-electron chi connectivity index (χ3n) is 4.99. The van der Waals surface area contributed by atoms with Crippen molar-refractivity contribution in [2.75, 3.05) is 18.0 Å². The van der Waals surface area contributed by atoms with Crippen LogP contribution in [0.4, 0.5) is 37.8 Å². The van der Waals surface area contributed by atoms with Crippen molar-refractivity contribution in [2.45, 2.75) is 25.2 Å². The molecule has 172 valence electrons. The fraction of sp³-hybridized carbons (Fsp3) is 0.389. The molecule has 1 aliphatic rings. The zero-order valence-electron chi connectivity index (χ0n) is 15.9. The first-order valence-electron chi connectivity index (χ1n) is 9.06. The Morgan fingerprint density at radius 2 is 1.56 bits per heavy atom. The van der Waals surface area contributed by atoms with Gasteiger partial charge in [-0.1, -0.05) is 0 Å². The molecule has 1 aromatic carbocycles. The summed E-state index contributed by atoms with van der Waals surface area (Å²) in [5.74, 6) is -2.02. The molecule has 1 aromatic heterocycles. The first kappa shape index (κ1) is 23.2. The van der Waals surface area contributed by atoms with Crippen LogP contribution >= 0.6 is 0 Å². The quantitative estimate of drug-likeness (QED) is 0.406. The minimum absolute atomic E-state index is 0.0463. The van der Waals surface area contributed by atoms with Gasteiger partial charge in [-0.25, -0.2) is 9.97 Å². The number of piperidine rings is 1. The molecule has 0 aliphatic carbocycles. The van der Waals surface area contributed by atoms with Crippen LogP contribution in [-0.2, 0) is 17.1 Å². The Morgan fingerprint density at radius 3 is 2.00 bits per heavy atom. The van der Waals surface area contributed by atoms with Crippen molar-refractivity contribution < 1.29 is 41.2 Å². The number of nitrogens with zero attached hydrogens (tertiary/aromatic N) is 4. The van der Waals surface area contributed by atoms with Crippen LogP contribution in [0, 0.1) is 16.0 Å². The van der Waals surface area contributed by atoms with Crippen molar-refractivity contribution in [1.29, 1.82) is 0 Å². The third kappa shape index (κ3) is 4.73. The molecule has 3 rings (SSSR count). The molecule has 1 aliphatic heterocycles. The van der Waals surface area contributed by atoms with E-state index in [1.165, 1.54) is 4.90 Å². The van der Waals surface area contributed by atoms with Gasteiger partial charge in [0.05, 0.1) is 22.0 Å². The van der Waals surface area contributed by atoms with Crippen LogP contribution in [0.2, 0.25) is 0 Å². The molecular weight excluding hydrogens is 450 g/mol. The number of carboxylic acid groups (broad SMARTS) is 1. The first-order chi connectivity index (χ1) is 14.8. The summed E-state index contributed by atoms with van der Waals surface area (Å²) in [5.41, 5.74) is -5.60. The second kappa shape index (κ2) is 8.24. The summed E-state index contributed by atoms with van der Waals surface area (Å²) in [7, 11) is 0. The first-order valence-corrected chi connectivity index (χ1v) is 9.06. The smallest absolute Gasteiger partial charge is 0.416 e. The number of rotatable bonds is 4. The zero-order chi connectivity index (χ0) is 23.8. The molecule has 0 saturated carbocycles.